The van der Waals surface area contributed by atoms with Crippen LogP contribution in [-0.4, -0.2) is 14.5 Å². The van der Waals surface area contributed by atoms with Crippen LogP contribution in [0.15, 0.2) is 60.9 Å². The highest BCUT2D eigenvalue weighted by Crippen LogP contribution is 2.23. The zero-order valence-electron chi connectivity index (χ0n) is 12.2. The third kappa shape index (κ3) is 2.94. The van der Waals surface area contributed by atoms with Crippen LogP contribution in [0.1, 0.15) is 24.4 Å². The van der Waals surface area contributed by atoms with Crippen LogP contribution < -0.4 is 5.32 Å². The lowest BCUT2D eigenvalue weighted by Gasteiger charge is -2.16. The molecule has 0 fully saturated rings. The van der Waals surface area contributed by atoms with E-state index < -0.39 is 0 Å². The Bertz CT molecular complexity index is 704. The lowest BCUT2D eigenvalue weighted by molar-refractivity contribution is 0.627. The van der Waals surface area contributed by atoms with Gasteiger partial charge >= 0.3 is 0 Å². The summed E-state index contributed by atoms with van der Waals surface area (Å²) in [6.07, 6.45) is 3.87. The third-order valence-corrected chi connectivity index (χ3v) is 3.42. The summed E-state index contributed by atoms with van der Waals surface area (Å²) in [5.74, 6) is 0.830. The van der Waals surface area contributed by atoms with E-state index in [1.807, 2.05) is 67.8 Å². The van der Waals surface area contributed by atoms with Gasteiger partial charge in [0.2, 0.25) is 5.95 Å². The van der Waals surface area contributed by atoms with Gasteiger partial charge in [0, 0.05) is 18.1 Å². The number of nitrogens with zero attached hydrogens (tertiary/aromatic N) is 3. The van der Waals surface area contributed by atoms with Crippen molar-refractivity contribution >= 4 is 11.6 Å². The van der Waals surface area contributed by atoms with Crippen molar-refractivity contribution in [2.24, 2.45) is 0 Å². The summed E-state index contributed by atoms with van der Waals surface area (Å²) >= 11 is 0. The fraction of sp³-hybridized carbons (Fsp3) is 0.176. The molecule has 1 aromatic carbocycles. The van der Waals surface area contributed by atoms with Gasteiger partial charge in [0.1, 0.15) is 0 Å². The summed E-state index contributed by atoms with van der Waals surface area (Å²) in [6.45, 7) is 4.12. The second kappa shape index (κ2) is 5.79. The minimum absolute atomic E-state index is 0.124. The van der Waals surface area contributed by atoms with Crippen molar-refractivity contribution in [3.63, 3.8) is 0 Å². The topological polar surface area (TPSA) is 42.7 Å². The third-order valence-electron chi connectivity index (χ3n) is 3.42. The normalized spacial score (nSPS) is 12.1. The highest BCUT2D eigenvalue weighted by atomic mass is 15.2. The van der Waals surface area contributed by atoms with Gasteiger partial charge in [-0.1, -0.05) is 24.3 Å². The number of aryl methyl sites for hydroxylation is 1. The molecule has 1 unspecified atom stereocenters. The van der Waals surface area contributed by atoms with Crippen molar-refractivity contribution in [1.29, 1.82) is 0 Å². The smallest absolute Gasteiger partial charge is 0.208 e. The van der Waals surface area contributed by atoms with Crippen LogP contribution in [-0.2, 0) is 0 Å². The number of hydrogen-bond acceptors (Lipinski definition) is 3. The summed E-state index contributed by atoms with van der Waals surface area (Å²) in [5.41, 5.74) is 3.03. The largest absolute Gasteiger partial charge is 0.326 e. The molecule has 3 aromatic rings. The molecule has 3 rings (SSSR count). The number of aromatic nitrogens is 3. The predicted octanol–water partition coefficient (Wildman–Crippen LogP) is 3.94. The molecule has 0 saturated carbocycles. The molecule has 0 saturated heterocycles. The van der Waals surface area contributed by atoms with Crippen molar-refractivity contribution in [3.05, 3.63) is 72.3 Å². The van der Waals surface area contributed by atoms with Crippen LogP contribution in [0.5, 0.6) is 0 Å². The zero-order chi connectivity index (χ0) is 14.7. The average Bonchev–Trinajstić information content (AvgIpc) is 2.89. The Hall–Kier alpha value is -2.62. The first kappa shape index (κ1) is 13.4. The van der Waals surface area contributed by atoms with Crippen LogP contribution in [0.25, 0.3) is 0 Å². The number of nitrogens with one attached hydrogen (secondary N) is 1. The predicted molar refractivity (Wildman–Crippen MR) is 84.7 cm³/mol. The first-order chi connectivity index (χ1) is 10.2. The molecule has 0 spiro atoms. The SMILES string of the molecule is Cc1cn(C(C)c2ccccn2)c(Nc2ccccc2)n1. The minimum atomic E-state index is 0.124. The quantitative estimate of drug-likeness (QED) is 0.786. The first-order valence-corrected chi connectivity index (χ1v) is 7.02. The highest BCUT2D eigenvalue weighted by molar-refractivity contribution is 5.53. The standard InChI is InChI=1S/C17H18N4/c1-13-12-21(14(2)16-10-6-7-11-18-16)17(19-13)20-15-8-4-3-5-9-15/h3-12,14H,1-2H3,(H,19,20). The Morgan fingerprint density at radius 3 is 2.52 bits per heavy atom. The van der Waals surface area contributed by atoms with Crippen molar-refractivity contribution < 1.29 is 0 Å². The van der Waals surface area contributed by atoms with E-state index in [1.165, 1.54) is 0 Å². The van der Waals surface area contributed by atoms with Gasteiger partial charge in [-0.25, -0.2) is 4.98 Å². The van der Waals surface area contributed by atoms with Gasteiger partial charge in [-0.2, -0.15) is 0 Å². The monoisotopic (exact) mass is 278 g/mol. The maximum atomic E-state index is 4.58. The molecule has 0 amide bonds. The number of benzene rings is 1. The number of hydrogen-bond donors (Lipinski definition) is 1. The van der Waals surface area contributed by atoms with Crippen LogP contribution in [0.3, 0.4) is 0 Å². The molecule has 0 bridgehead atoms. The van der Waals surface area contributed by atoms with Gasteiger partial charge in [-0.05, 0) is 38.1 Å². The molecule has 0 aliphatic rings. The van der Waals surface area contributed by atoms with Crippen LogP contribution in [0.4, 0.5) is 11.6 Å². The van der Waals surface area contributed by atoms with Crippen molar-refractivity contribution in [3.8, 4) is 0 Å². The molecule has 21 heavy (non-hydrogen) atoms. The Morgan fingerprint density at radius 2 is 1.81 bits per heavy atom. The van der Waals surface area contributed by atoms with Crippen LogP contribution >= 0.6 is 0 Å². The van der Waals surface area contributed by atoms with E-state index in [-0.39, 0.29) is 6.04 Å². The van der Waals surface area contributed by atoms with Crippen LogP contribution in [0, 0.1) is 6.92 Å². The minimum Gasteiger partial charge on any atom is -0.326 e. The lowest BCUT2D eigenvalue weighted by Crippen LogP contribution is -2.10. The Labute approximate surface area is 124 Å². The van der Waals surface area contributed by atoms with E-state index in [1.54, 1.807) is 0 Å². The molecular weight excluding hydrogens is 260 g/mol. The van der Waals surface area contributed by atoms with E-state index >= 15 is 0 Å². The lowest BCUT2D eigenvalue weighted by atomic mass is 10.2. The molecule has 1 N–H and O–H groups in total. The summed E-state index contributed by atoms with van der Waals surface area (Å²) < 4.78 is 2.12. The van der Waals surface area contributed by atoms with Gasteiger partial charge < -0.3 is 9.88 Å². The number of rotatable bonds is 4. The second-order valence-corrected chi connectivity index (χ2v) is 5.03. The summed E-state index contributed by atoms with van der Waals surface area (Å²) in [5, 5.41) is 3.37. The molecule has 4 heteroatoms. The van der Waals surface area contributed by atoms with Crippen molar-refractivity contribution in [2.45, 2.75) is 19.9 Å². The van der Waals surface area contributed by atoms with Crippen molar-refractivity contribution in [2.75, 3.05) is 5.32 Å². The first-order valence-electron chi connectivity index (χ1n) is 7.02. The zero-order valence-corrected chi connectivity index (χ0v) is 12.2. The Morgan fingerprint density at radius 1 is 1.05 bits per heavy atom. The average molecular weight is 278 g/mol. The van der Waals surface area contributed by atoms with E-state index in [9.17, 15) is 0 Å². The number of imidazole rings is 1. The fourth-order valence-corrected chi connectivity index (χ4v) is 2.32. The van der Waals surface area contributed by atoms with Gasteiger partial charge in [-0.15, -0.1) is 0 Å². The fourth-order valence-electron chi connectivity index (χ4n) is 2.32. The number of pyridine rings is 1. The van der Waals surface area contributed by atoms with E-state index in [0.717, 1.165) is 23.0 Å². The number of anilines is 2. The molecule has 2 aromatic heterocycles. The second-order valence-electron chi connectivity index (χ2n) is 5.03. The molecule has 4 nitrogen and oxygen atoms in total. The van der Waals surface area contributed by atoms with E-state index in [0.29, 0.717) is 0 Å². The summed E-state index contributed by atoms with van der Waals surface area (Å²) in [4.78, 5) is 9.01. The summed E-state index contributed by atoms with van der Waals surface area (Å²) in [7, 11) is 0. The molecule has 106 valence electrons. The molecule has 0 aliphatic carbocycles. The molecule has 2 heterocycles. The van der Waals surface area contributed by atoms with Gasteiger partial charge in [0.05, 0.1) is 17.4 Å². The Kier molecular flexibility index (Phi) is 3.69. The van der Waals surface area contributed by atoms with Crippen LogP contribution in [0.2, 0.25) is 0 Å². The molecule has 0 radical (unpaired) electrons. The maximum absolute atomic E-state index is 4.58. The maximum Gasteiger partial charge on any atom is 0.208 e. The Balaban J connectivity index is 1.93. The van der Waals surface area contributed by atoms with Gasteiger partial charge in [0.15, 0.2) is 0 Å². The van der Waals surface area contributed by atoms with Crippen molar-refractivity contribution in [1.82, 2.24) is 14.5 Å². The molecule has 1 atom stereocenters. The van der Waals surface area contributed by atoms with E-state index in [2.05, 4.69) is 26.8 Å². The molecular formula is C17H18N4. The van der Waals surface area contributed by atoms with E-state index in [4.69, 9.17) is 0 Å². The van der Waals surface area contributed by atoms with Gasteiger partial charge in [-0.3, -0.25) is 4.98 Å². The molecule has 0 aliphatic heterocycles. The van der Waals surface area contributed by atoms with Gasteiger partial charge in [0.25, 0.3) is 0 Å². The highest BCUT2D eigenvalue weighted by Gasteiger charge is 2.14. The number of para-hydroxylation sites is 1. The summed E-state index contributed by atoms with van der Waals surface area (Å²) in [6, 6.07) is 16.2.